The highest BCUT2D eigenvalue weighted by Crippen LogP contribution is 2.18. The first kappa shape index (κ1) is 70.5. The minimum absolute atomic E-state index is 0.229. The minimum Gasteiger partial charge on any atom is -0.385 e. The number of unbranched alkanes of at least 4 members (excludes halogenated alkanes) is 39. The number of aliphatic hydroxyl groups is 1. The molecule has 0 aliphatic heterocycles. The van der Waals surface area contributed by atoms with Crippen molar-refractivity contribution in [3.63, 3.8) is 0 Å². The monoisotopic (exact) mass is 1080 g/mol. The molecule has 448 valence electrons. The Morgan fingerprint density at radius 1 is 0.351 bits per heavy atom. The molecule has 4 unspecified atom stereocenters. The van der Waals surface area contributed by atoms with Crippen LogP contribution in [-0.4, -0.2) is 63.1 Å². The molecule has 6 N–H and O–H groups in total. The van der Waals surface area contributed by atoms with Crippen LogP contribution < -0.4 is 47.5 Å². The van der Waals surface area contributed by atoms with Crippen LogP contribution in [0.5, 0.6) is 0 Å². The van der Waals surface area contributed by atoms with Crippen molar-refractivity contribution in [2.24, 2.45) is 0 Å². The number of hydrogen-bond acceptors (Lipinski definition) is 8. The van der Waals surface area contributed by atoms with Crippen molar-refractivity contribution in [2.45, 2.75) is 336 Å². The molecule has 10 nitrogen and oxygen atoms in total. The van der Waals surface area contributed by atoms with Gasteiger partial charge in [-0.3, -0.25) is 24.1 Å². The van der Waals surface area contributed by atoms with E-state index in [2.05, 4.69) is 50.6 Å². The summed E-state index contributed by atoms with van der Waals surface area (Å²) in [5.74, 6) is 0. The van der Waals surface area contributed by atoms with Crippen LogP contribution in [0.1, 0.15) is 324 Å². The zero-order chi connectivity index (χ0) is 55.8. The largest absolute Gasteiger partial charge is 0.385 e. The van der Waals surface area contributed by atoms with Crippen LogP contribution in [0.2, 0.25) is 0 Å². The summed E-state index contributed by atoms with van der Waals surface area (Å²) in [6.07, 6.45) is 56.0. The van der Waals surface area contributed by atoms with Gasteiger partial charge in [0, 0.05) is 32.5 Å². The molecule has 0 aliphatic carbocycles. The molecule has 0 radical (unpaired) electrons. The average Bonchev–Trinajstić information content (AvgIpc) is 3.43. The van der Waals surface area contributed by atoms with Crippen molar-refractivity contribution in [1.82, 2.24) is 0 Å². The van der Waals surface area contributed by atoms with Gasteiger partial charge in [0.05, 0.1) is 25.7 Å². The van der Waals surface area contributed by atoms with E-state index in [1.807, 2.05) is 0 Å². The molecule has 10 heteroatoms. The maximum absolute atomic E-state index is 13.5. The predicted octanol–water partition coefficient (Wildman–Crippen LogP) is 14.6. The number of nitrogens with one attached hydrogen (secondary N) is 5. The van der Waals surface area contributed by atoms with Gasteiger partial charge in [-0.05, 0) is 45.4 Å². The first-order valence-electron chi connectivity index (χ1n) is 34.0. The molecule has 2 rings (SSSR count). The van der Waals surface area contributed by atoms with Crippen LogP contribution in [0.25, 0.3) is 0 Å². The van der Waals surface area contributed by atoms with E-state index in [0.29, 0.717) is 35.8 Å². The molecule has 0 spiro atoms. The smallest absolute Gasteiger partial charge is 0.290 e. The normalized spacial score (nSPS) is 13.4. The Morgan fingerprint density at radius 3 is 1.05 bits per heavy atom. The Bertz CT molecular complexity index is 1780. The number of hydrogen-bond donors (Lipinski definition) is 6. The summed E-state index contributed by atoms with van der Waals surface area (Å²) in [6, 6.07) is 0.243. The van der Waals surface area contributed by atoms with Crippen LogP contribution >= 0.6 is 0 Å². The fourth-order valence-electron chi connectivity index (χ4n) is 11.8. The third-order valence-electron chi connectivity index (χ3n) is 17.0. The van der Waals surface area contributed by atoms with E-state index in [-0.39, 0.29) is 23.4 Å². The molecule has 2 aromatic carbocycles. The van der Waals surface area contributed by atoms with Gasteiger partial charge in [0.25, 0.3) is 21.7 Å². The lowest BCUT2D eigenvalue weighted by Gasteiger charge is -2.28. The highest BCUT2D eigenvalue weighted by molar-refractivity contribution is 5.74. The Hall–Kier alpha value is -2.56. The van der Waals surface area contributed by atoms with E-state index in [4.69, 9.17) is 0 Å². The Balaban J connectivity index is 2.02. The molecular weight excluding hydrogens is 955 g/mol. The highest BCUT2D eigenvalue weighted by Gasteiger charge is 2.33. The Labute approximate surface area is 474 Å². The quantitative estimate of drug-likeness (QED) is 0.0285. The standard InChI is InChI=1S/C67H125N5O5/c1-6-10-14-18-22-26-30-31-35-39-43-47-53-71(57-59(73)56-70-61-60(64(74)65(61)75)68-51-45-41-37-33-28-24-20-16-12-8-3)54-48-49-55-72(58(5)50-44-40-36-32-27-23-19-15-11-7-2)63-62(66(76)67(63)77)69-52-46-42-38-34-29-25-21-17-13-9-4/h58-59,68-70,73H,6-57H2,1-5H3/p+2. The van der Waals surface area contributed by atoms with E-state index in [1.54, 1.807) is 0 Å². The summed E-state index contributed by atoms with van der Waals surface area (Å²) in [7, 11) is 0. The molecule has 2 aromatic rings. The summed E-state index contributed by atoms with van der Waals surface area (Å²) < 4.78 is 0. The van der Waals surface area contributed by atoms with Gasteiger partial charge in [-0.15, -0.1) is 0 Å². The molecule has 4 atom stereocenters. The second-order valence-electron chi connectivity index (χ2n) is 24.3. The van der Waals surface area contributed by atoms with Crippen LogP contribution in [0.4, 0.5) is 22.7 Å². The predicted molar refractivity (Wildman–Crippen MR) is 335 cm³/mol. The third-order valence-corrected chi connectivity index (χ3v) is 17.0. The molecule has 0 fully saturated rings. The molecule has 0 aromatic heterocycles. The maximum atomic E-state index is 13.5. The maximum Gasteiger partial charge on any atom is 0.290 e. The molecule has 0 amide bonds. The summed E-state index contributed by atoms with van der Waals surface area (Å²) in [5, 5.41) is 21.4. The van der Waals surface area contributed by atoms with E-state index in [9.17, 15) is 24.3 Å². The van der Waals surface area contributed by atoms with Crippen molar-refractivity contribution >= 4 is 22.7 Å². The second kappa shape index (κ2) is 49.3. The van der Waals surface area contributed by atoms with Crippen molar-refractivity contribution < 1.29 is 14.9 Å². The lowest BCUT2D eigenvalue weighted by molar-refractivity contribution is -0.904. The van der Waals surface area contributed by atoms with Crippen LogP contribution in [0, 0.1) is 0 Å². The molecule has 0 saturated heterocycles. The van der Waals surface area contributed by atoms with Gasteiger partial charge >= 0.3 is 0 Å². The van der Waals surface area contributed by atoms with Gasteiger partial charge < -0.3 is 26.0 Å². The van der Waals surface area contributed by atoms with Crippen molar-refractivity contribution in [3.05, 3.63) is 40.9 Å². The van der Waals surface area contributed by atoms with Crippen molar-refractivity contribution in [2.75, 3.05) is 61.8 Å². The molecule has 0 heterocycles. The van der Waals surface area contributed by atoms with Gasteiger partial charge in [-0.25, -0.2) is 0 Å². The highest BCUT2D eigenvalue weighted by atomic mass is 16.3. The van der Waals surface area contributed by atoms with Crippen molar-refractivity contribution in [1.29, 1.82) is 0 Å². The summed E-state index contributed by atoms with van der Waals surface area (Å²) >= 11 is 0. The number of quaternary nitrogens is 2. The zero-order valence-corrected chi connectivity index (χ0v) is 51.5. The number of anilines is 3. The van der Waals surface area contributed by atoms with E-state index >= 15 is 0 Å². The number of aliphatic hydroxyl groups excluding tert-OH is 1. The van der Waals surface area contributed by atoms with Crippen LogP contribution in [0.15, 0.2) is 19.2 Å². The summed E-state index contributed by atoms with van der Waals surface area (Å²) in [4.78, 5) is 54.5. The molecule has 77 heavy (non-hydrogen) atoms. The Kier molecular flexibility index (Phi) is 45.1. The lowest BCUT2D eigenvalue weighted by Crippen LogP contribution is -3.14. The topological polar surface area (TPSA) is 133 Å². The van der Waals surface area contributed by atoms with Crippen LogP contribution in [-0.2, 0) is 0 Å². The van der Waals surface area contributed by atoms with E-state index < -0.39 is 17.0 Å². The van der Waals surface area contributed by atoms with Crippen molar-refractivity contribution in [3.8, 4) is 0 Å². The second-order valence-corrected chi connectivity index (χ2v) is 24.3. The van der Waals surface area contributed by atoms with Gasteiger partial charge in [0.2, 0.25) is 5.69 Å². The summed E-state index contributed by atoms with van der Waals surface area (Å²) in [6.45, 7) is 16.3. The fourth-order valence-corrected chi connectivity index (χ4v) is 11.8. The average molecular weight is 1080 g/mol. The molecule has 0 aliphatic rings. The van der Waals surface area contributed by atoms with E-state index in [1.165, 1.54) is 241 Å². The van der Waals surface area contributed by atoms with Gasteiger partial charge in [0.1, 0.15) is 24.0 Å². The first-order chi connectivity index (χ1) is 37.7. The summed E-state index contributed by atoms with van der Waals surface area (Å²) in [5.41, 5.74) is 0.400. The number of rotatable bonds is 60. The molecular formula is C67H127N5O5+2. The Morgan fingerprint density at radius 2 is 0.649 bits per heavy atom. The van der Waals surface area contributed by atoms with Gasteiger partial charge in [0.15, 0.2) is 5.69 Å². The lowest BCUT2D eigenvalue weighted by atomic mass is 10.0. The molecule has 0 bridgehead atoms. The van der Waals surface area contributed by atoms with Gasteiger partial charge in [-0.1, -0.05) is 265 Å². The SMILES string of the molecule is CCCCCCCCCCCCCC[NH+](CCCC[NH+](c1c(NCCCCCCCCCCCC)c(=O)c1=O)C(C)CCCCCCCCCCCC)CC(O)CNc1c(NCCCCCCCCCCCC)c(=O)c1=O. The van der Waals surface area contributed by atoms with Crippen LogP contribution in [0.3, 0.4) is 0 Å². The van der Waals surface area contributed by atoms with Gasteiger partial charge in [-0.2, -0.15) is 0 Å². The third kappa shape index (κ3) is 33.7. The van der Waals surface area contributed by atoms with E-state index in [0.717, 1.165) is 84.0 Å². The first-order valence-corrected chi connectivity index (χ1v) is 34.0. The minimum atomic E-state index is -0.669. The zero-order valence-electron chi connectivity index (χ0n) is 51.5. The molecule has 0 saturated carbocycles. The fraction of sp³-hybridized carbons (Fsp3) is 0.881.